The molecular formula is C8H10O5. The molecule has 0 amide bonds. The Morgan fingerprint density at radius 2 is 2.46 bits per heavy atom. The predicted octanol–water partition coefficient (Wildman–Crippen LogP) is -0.0407. The summed E-state index contributed by atoms with van der Waals surface area (Å²) in [6.45, 7) is 0.272. The zero-order valence-corrected chi connectivity index (χ0v) is 7.15. The summed E-state index contributed by atoms with van der Waals surface area (Å²) in [4.78, 5) is 21.5. The minimum absolute atomic E-state index is 0.0706. The number of hydrogen-bond donors (Lipinski definition) is 1. The first-order valence-corrected chi connectivity index (χ1v) is 3.77. The molecule has 1 N–H and O–H groups in total. The van der Waals surface area contributed by atoms with Crippen LogP contribution in [0, 0.1) is 0 Å². The lowest BCUT2D eigenvalue weighted by Crippen LogP contribution is -2.31. The Morgan fingerprint density at radius 1 is 1.77 bits per heavy atom. The summed E-state index contributed by atoms with van der Waals surface area (Å²) in [5.41, 5.74) is 0.0706. The van der Waals surface area contributed by atoms with Crippen LogP contribution < -0.4 is 0 Å². The highest BCUT2D eigenvalue weighted by atomic mass is 16.7. The fraction of sp³-hybridized carbons (Fsp3) is 0.500. The molecule has 1 rings (SSSR count). The van der Waals surface area contributed by atoms with Crippen LogP contribution in [0.5, 0.6) is 0 Å². The van der Waals surface area contributed by atoms with Gasteiger partial charge in [0, 0.05) is 19.6 Å². The van der Waals surface area contributed by atoms with Crippen molar-refractivity contribution in [2.45, 2.75) is 12.7 Å². The van der Waals surface area contributed by atoms with Gasteiger partial charge in [0.25, 0.3) is 0 Å². The number of carboxylic acid groups (broad SMARTS) is 1. The van der Waals surface area contributed by atoms with Gasteiger partial charge in [0.05, 0.1) is 12.2 Å². The lowest BCUT2D eigenvalue weighted by atomic mass is 10.1. The van der Waals surface area contributed by atoms with E-state index in [-0.39, 0.29) is 24.4 Å². The summed E-state index contributed by atoms with van der Waals surface area (Å²) in [6.07, 6.45) is 0.201. The Hall–Kier alpha value is -1.20. The molecule has 1 fully saturated rings. The van der Waals surface area contributed by atoms with Gasteiger partial charge in [-0.2, -0.15) is 0 Å². The number of carbonyl (C=O) groups is 2. The average Bonchev–Trinajstić information content (AvgIpc) is 2.08. The number of carboxylic acids is 1. The van der Waals surface area contributed by atoms with Crippen molar-refractivity contribution in [3.63, 3.8) is 0 Å². The first-order chi connectivity index (χ1) is 6.15. The van der Waals surface area contributed by atoms with Crippen molar-refractivity contribution in [3.8, 4) is 0 Å². The fourth-order valence-corrected chi connectivity index (χ4v) is 1.10. The zero-order chi connectivity index (χ0) is 9.84. The fourth-order valence-electron chi connectivity index (χ4n) is 1.10. The minimum atomic E-state index is -1.17. The molecule has 5 nitrogen and oxygen atoms in total. The van der Waals surface area contributed by atoms with Crippen molar-refractivity contribution < 1.29 is 24.2 Å². The molecule has 1 atom stereocenters. The topological polar surface area (TPSA) is 72.8 Å². The van der Waals surface area contributed by atoms with E-state index in [2.05, 4.69) is 0 Å². The third-order valence-electron chi connectivity index (χ3n) is 1.67. The van der Waals surface area contributed by atoms with E-state index >= 15 is 0 Å². The molecule has 72 valence electrons. The Bertz CT molecular complexity index is 255. The minimum Gasteiger partial charge on any atom is -0.478 e. The van der Waals surface area contributed by atoms with Gasteiger partial charge in [-0.1, -0.05) is 0 Å². The van der Waals surface area contributed by atoms with Gasteiger partial charge >= 0.3 is 5.97 Å². The van der Waals surface area contributed by atoms with E-state index in [4.69, 9.17) is 14.6 Å². The van der Waals surface area contributed by atoms with Gasteiger partial charge in [-0.15, -0.1) is 0 Å². The number of Topliss-reactive ketones (excluding diaryl/α,β-unsaturated/α-hetero) is 1. The Balaban J connectivity index is 2.85. The summed E-state index contributed by atoms with van der Waals surface area (Å²) >= 11 is 0. The zero-order valence-electron chi connectivity index (χ0n) is 7.15. The molecule has 0 aliphatic carbocycles. The highest BCUT2D eigenvalue weighted by Gasteiger charge is 2.26. The lowest BCUT2D eigenvalue weighted by Gasteiger charge is -2.22. The molecule has 0 spiro atoms. The molecule has 0 aromatic carbocycles. The number of aliphatic carboxylic acids is 1. The number of ether oxygens (including phenoxy) is 2. The van der Waals surface area contributed by atoms with Crippen LogP contribution in [0.1, 0.15) is 6.42 Å². The van der Waals surface area contributed by atoms with E-state index in [1.165, 1.54) is 7.11 Å². The third-order valence-corrected chi connectivity index (χ3v) is 1.67. The van der Waals surface area contributed by atoms with Gasteiger partial charge in [-0.05, 0) is 0 Å². The van der Waals surface area contributed by atoms with Crippen molar-refractivity contribution in [2.24, 2.45) is 0 Å². The molecule has 5 heteroatoms. The second kappa shape index (κ2) is 4.15. The van der Waals surface area contributed by atoms with Crippen molar-refractivity contribution in [2.75, 3.05) is 13.7 Å². The van der Waals surface area contributed by atoms with E-state index in [1.807, 2.05) is 0 Å². The van der Waals surface area contributed by atoms with Gasteiger partial charge < -0.3 is 14.6 Å². The van der Waals surface area contributed by atoms with Crippen LogP contribution >= 0.6 is 0 Å². The molecule has 1 heterocycles. The highest BCUT2D eigenvalue weighted by Crippen LogP contribution is 2.16. The predicted molar refractivity (Wildman–Crippen MR) is 42.1 cm³/mol. The smallest absolute Gasteiger partial charge is 0.328 e. The second-order valence-corrected chi connectivity index (χ2v) is 2.55. The summed E-state index contributed by atoms with van der Waals surface area (Å²) in [5.74, 6) is -1.41. The highest BCUT2D eigenvalue weighted by molar-refractivity contribution is 6.01. The summed E-state index contributed by atoms with van der Waals surface area (Å²) in [5, 5.41) is 8.46. The molecule has 1 aliphatic heterocycles. The maximum Gasteiger partial charge on any atom is 0.328 e. The monoisotopic (exact) mass is 186 g/mol. The van der Waals surface area contributed by atoms with Gasteiger partial charge in [-0.25, -0.2) is 4.79 Å². The first kappa shape index (κ1) is 9.88. The largest absolute Gasteiger partial charge is 0.478 e. The number of rotatable bonds is 2. The normalized spacial score (nSPS) is 26.4. The maximum absolute atomic E-state index is 11.2. The molecule has 13 heavy (non-hydrogen) atoms. The number of carbonyl (C=O) groups excluding carboxylic acids is 1. The van der Waals surface area contributed by atoms with Crippen LogP contribution in [0.4, 0.5) is 0 Å². The average molecular weight is 186 g/mol. The summed E-state index contributed by atoms with van der Waals surface area (Å²) in [6, 6.07) is 0. The van der Waals surface area contributed by atoms with Crippen molar-refractivity contribution >= 4 is 11.8 Å². The number of methoxy groups -OCH3 is 1. The number of hydrogen-bond acceptors (Lipinski definition) is 4. The Morgan fingerprint density at radius 3 is 3.00 bits per heavy atom. The molecule has 1 saturated heterocycles. The van der Waals surface area contributed by atoms with Gasteiger partial charge in [0.1, 0.15) is 0 Å². The molecule has 0 saturated carbocycles. The molecule has 1 aliphatic rings. The van der Waals surface area contributed by atoms with E-state index in [1.54, 1.807) is 0 Å². The maximum atomic E-state index is 11.2. The van der Waals surface area contributed by atoms with Crippen LogP contribution in [0.3, 0.4) is 0 Å². The molecule has 0 bridgehead atoms. The third kappa shape index (κ3) is 2.37. The van der Waals surface area contributed by atoms with Crippen molar-refractivity contribution in [1.82, 2.24) is 0 Å². The second-order valence-electron chi connectivity index (χ2n) is 2.55. The van der Waals surface area contributed by atoms with E-state index in [0.717, 1.165) is 6.08 Å². The molecule has 1 unspecified atom stereocenters. The van der Waals surface area contributed by atoms with Crippen LogP contribution in [0.25, 0.3) is 0 Å². The van der Waals surface area contributed by atoms with E-state index in [9.17, 15) is 9.59 Å². The van der Waals surface area contributed by atoms with Crippen LogP contribution in [0.15, 0.2) is 11.6 Å². The SMILES string of the molecule is COC1OCCC(=O)/C1=C\C(=O)O. The quantitative estimate of drug-likeness (QED) is 0.612. The van der Waals surface area contributed by atoms with Crippen molar-refractivity contribution in [3.05, 3.63) is 11.6 Å². The van der Waals surface area contributed by atoms with Gasteiger partial charge in [0.2, 0.25) is 0 Å². The van der Waals surface area contributed by atoms with Crippen LogP contribution in [-0.2, 0) is 19.1 Å². The number of ketones is 1. The Labute approximate surface area is 74.9 Å². The molecule has 0 aromatic rings. The van der Waals surface area contributed by atoms with Crippen LogP contribution in [0.2, 0.25) is 0 Å². The first-order valence-electron chi connectivity index (χ1n) is 3.77. The standard InChI is InChI=1S/C8H10O5/c1-12-8-5(4-7(10)11)6(9)2-3-13-8/h4,8H,2-3H2,1H3,(H,10,11)/b5-4+. The molecular weight excluding hydrogens is 176 g/mol. The van der Waals surface area contributed by atoms with E-state index < -0.39 is 12.3 Å². The van der Waals surface area contributed by atoms with Gasteiger partial charge in [0.15, 0.2) is 12.1 Å². The van der Waals surface area contributed by atoms with Gasteiger partial charge in [-0.3, -0.25) is 4.79 Å². The summed E-state index contributed by atoms with van der Waals surface area (Å²) < 4.78 is 9.84. The van der Waals surface area contributed by atoms with E-state index in [0.29, 0.717) is 0 Å². The summed E-state index contributed by atoms with van der Waals surface area (Å²) in [7, 11) is 1.36. The van der Waals surface area contributed by atoms with Crippen LogP contribution in [-0.4, -0.2) is 36.9 Å². The van der Waals surface area contributed by atoms with Crippen molar-refractivity contribution in [1.29, 1.82) is 0 Å². The lowest BCUT2D eigenvalue weighted by molar-refractivity contribution is -0.143. The Kier molecular flexibility index (Phi) is 3.16. The molecule has 0 radical (unpaired) electrons. The molecule has 0 aromatic heterocycles.